The van der Waals surface area contributed by atoms with Crippen molar-refractivity contribution in [2.24, 2.45) is 5.73 Å². The van der Waals surface area contributed by atoms with Gasteiger partial charge in [-0.25, -0.2) is 0 Å². The van der Waals surface area contributed by atoms with Gasteiger partial charge in [0.15, 0.2) is 0 Å². The summed E-state index contributed by atoms with van der Waals surface area (Å²) in [5.41, 5.74) is 8.06. The van der Waals surface area contributed by atoms with Gasteiger partial charge in [-0.2, -0.15) is 0 Å². The van der Waals surface area contributed by atoms with Crippen LogP contribution in [0.1, 0.15) is 24.2 Å². The summed E-state index contributed by atoms with van der Waals surface area (Å²) in [7, 11) is 0. The standard InChI is InChI=1S/C16H17Cl2NO/c1-11(19)16(13-5-7-14(17)8-6-13)20-10-12-3-2-4-15(18)9-12/h2-9,11,16H,10,19H2,1H3. The van der Waals surface area contributed by atoms with Crippen LogP contribution in [-0.4, -0.2) is 6.04 Å². The number of halogens is 2. The second-order valence-electron chi connectivity index (χ2n) is 4.77. The molecule has 2 aromatic carbocycles. The molecule has 0 bridgehead atoms. The first kappa shape index (κ1) is 15.3. The maximum Gasteiger partial charge on any atom is 0.0977 e. The maximum atomic E-state index is 6.02. The largest absolute Gasteiger partial charge is 0.367 e. The van der Waals surface area contributed by atoms with Crippen LogP contribution >= 0.6 is 23.2 Å². The van der Waals surface area contributed by atoms with E-state index in [1.165, 1.54) is 0 Å². The molecule has 0 saturated heterocycles. The van der Waals surface area contributed by atoms with Crippen LogP contribution in [0.3, 0.4) is 0 Å². The molecule has 0 spiro atoms. The van der Waals surface area contributed by atoms with Gasteiger partial charge in [-0.1, -0.05) is 47.5 Å². The van der Waals surface area contributed by atoms with Gasteiger partial charge in [-0.3, -0.25) is 0 Å². The molecule has 0 fully saturated rings. The van der Waals surface area contributed by atoms with E-state index in [-0.39, 0.29) is 12.1 Å². The summed E-state index contributed by atoms with van der Waals surface area (Å²) in [6.07, 6.45) is -0.175. The Morgan fingerprint density at radius 3 is 2.35 bits per heavy atom. The quantitative estimate of drug-likeness (QED) is 0.876. The monoisotopic (exact) mass is 309 g/mol. The number of rotatable bonds is 5. The van der Waals surface area contributed by atoms with Crippen LogP contribution in [0, 0.1) is 0 Å². The fourth-order valence-electron chi connectivity index (χ4n) is 2.02. The van der Waals surface area contributed by atoms with Crippen molar-refractivity contribution in [1.29, 1.82) is 0 Å². The van der Waals surface area contributed by atoms with E-state index in [0.717, 1.165) is 11.1 Å². The Labute approximate surface area is 129 Å². The lowest BCUT2D eigenvalue weighted by Gasteiger charge is -2.22. The van der Waals surface area contributed by atoms with E-state index in [9.17, 15) is 0 Å². The van der Waals surface area contributed by atoms with E-state index in [1.54, 1.807) is 0 Å². The Balaban J connectivity index is 2.08. The number of hydrogen-bond acceptors (Lipinski definition) is 2. The van der Waals surface area contributed by atoms with E-state index in [0.29, 0.717) is 16.7 Å². The molecule has 0 saturated carbocycles. The van der Waals surface area contributed by atoms with Gasteiger partial charge in [0, 0.05) is 16.1 Å². The number of nitrogens with two attached hydrogens (primary N) is 1. The van der Waals surface area contributed by atoms with Gasteiger partial charge in [0.1, 0.15) is 0 Å². The van der Waals surface area contributed by atoms with E-state index in [4.69, 9.17) is 33.7 Å². The first-order valence-electron chi connectivity index (χ1n) is 6.43. The van der Waals surface area contributed by atoms with Crippen molar-refractivity contribution in [3.8, 4) is 0 Å². The van der Waals surface area contributed by atoms with Crippen molar-refractivity contribution in [3.05, 3.63) is 69.7 Å². The Bertz CT molecular complexity index is 555. The topological polar surface area (TPSA) is 35.2 Å². The van der Waals surface area contributed by atoms with Gasteiger partial charge in [-0.15, -0.1) is 0 Å². The third kappa shape index (κ3) is 4.22. The highest BCUT2D eigenvalue weighted by atomic mass is 35.5. The lowest BCUT2D eigenvalue weighted by atomic mass is 10.0. The summed E-state index contributed by atoms with van der Waals surface area (Å²) in [4.78, 5) is 0. The van der Waals surface area contributed by atoms with E-state index in [1.807, 2.05) is 55.5 Å². The van der Waals surface area contributed by atoms with Crippen molar-refractivity contribution in [2.45, 2.75) is 25.7 Å². The average molecular weight is 310 g/mol. The van der Waals surface area contributed by atoms with Crippen LogP contribution in [-0.2, 0) is 11.3 Å². The van der Waals surface area contributed by atoms with Crippen LogP contribution < -0.4 is 5.73 Å². The first-order valence-corrected chi connectivity index (χ1v) is 7.19. The highest BCUT2D eigenvalue weighted by Gasteiger charge is 2.17. The molecule has 0 aliphatic heterocycles. The summed E-state index contributed by atoms with van der Waals surface area (Å²) in [5.74, 6) is 0. The number of hydrogen-bond donors (Lipinski definition) is 1. The Morgan fingerprint density at radius 1 is 1.05 bits per heavy atom. The summed E-state index contributed by atoms with van der Waals surface area (Å²) in [6.45, 7) is 2.40. The molecular weight excluding hydrogens is 293 g/mol. The normalized spacial score (nSPS) is 14.0. The molecule has 4 heteroatoms. The van der Waals surface area contributed by atoms with Crippen molar-refractivity contribution < 1.29 is 4.74 Å². The maximum absolute atomic E-state index is 6.02. The lowest BCUT2D eigenvalue weighted by molar-refractivity contribution is 0.0259. The zero-order valence-corrected chi connectivity index (χ0v) is 12.7. The molecule has 2 unspecified atom stereocenters. The molecule has 2 atom stereocenters. The average Bonchev–Trinajstić information content (AvgIpc) is 2.41. The summed E-state index contributed by atoms with van der Waals surface area (Å²) < 4.78 is 5.94. The molecular formula is C16H17Cl2NO. The van der Waals surface area contributed by atoms with Gasteiger partial charge >= 0.3 is 0 Å². The van der Waals surface area contributed by atoms with Gasteiger partial charge in [0.25, 0.3) is 0 Å². The minimum Gasteiger partial charge on any atom is -0.367 e. The first-order chi connectivity index (χ1) is 9.56. The van der Waals surface area contributed by atoms with E-state index in [2.05, 4.69) is 0 Å². The third-order valence-corrected chi connectivity index (χ3v) is 3.48. The Morgan fingerprint density at radius 2 is 1.75 bits per heavy atom. The van der Waals surface area contributed by atoms with Crippen LogP contribution in [0.25, 0.3) is 0 Å². The smallest absolute Gasteiger partial charge is 0.0977 e. The molecule has 106 valence electrons. The van der Waals surface area contributed by atoms with Crippen molar-refractivity contribution in [2.75, 3.05) is 0 Å². The minimum atomic E-state index is -0.175. The SMILES string of the molecule is CC(N)C(OCc1cccc(Cl)c1)c1ccc(Cl)cc1. The summed E-state index contributed by atoms with van der Waals surface area (Å²) in [6, 6.07) is 15.1. The molecule has 2 rings (SSSR count). The van der Waals surface area contributed by atoms with Crippen molar-refractivity contribution in [1.82, 2.24) is 0 Å². The second kappa shape index (κ2) is 7.09. The number of benzene rings is 2. The van der Waals surface area contributed by atoms with Crippen molar-refractivity contribution in [3.63, 3.8) is 0 Å². The predicted octanol–water partition coefficient (Wildman–Crippen LogP) is 4.60. The van der Waals surface area contributed by atoms with Crippen LogP contribution in [0.5, 0.6) is 0 Å². The molecule has 2 aromatic rings. The summed E-state index contributed by atoms with van der Waals surface area (Å²) >= 11 is 11.9. The molecule has 20 heavy (non-hydrogen) atoms. The molecule has 0 heterocycles. The van der Waals surface area contributed by atoms with Gasteiger partial charge in [-0.05, 0) is 42.3 Å². The van der Waals surface area contributed by atoms with Crippen LogP contribution in [0.15, 0.2) is 48.5 Å². The van der Waals surface area contributed by atoms with Gasteiger partial charge in [0.05, 0.1) is 12.7 Å². The highest BCUT2D eigenvalue weighted by Crippen LogP contribution is 2.24. The minimum absolute atomic E-state index is 0.115. The van der Waals surface area contributed by atoms with Crippen LogP contribution in [0.4, 0.5) is 0 Å². The fourth-order valence-corrected chi connectivity index (χ4v) is 2.36. The van der Waals surface area contributed by atoms with Gasteiger partial charge in [0.2, 0.25) is 0 Å². The second-order valence-corrected chi connectivity index (χ2v) is 5.65. The molecule has 2 N–H and O–H groups in total. The fraction of sp³-hybridized carbons (Fsp3) is 0.250. The Kier molecular flexibility index (Phi) is 5.44. The summed E-state index contributed by atoms with van der Waals surface area (Å²) in [5, 5.41) is 1.40. The Hall–Kier alpha value is -1.06. The molecule has 2 nitrogen and oxygen atoms in total. The molecule has 0 aliphatic carbocycles. The zero-order valence-electron chi connectivity index (χ0n) is 11.2. The molecule has 0 aliphatic rings. The molecule has 0 aromatic heterocycles. The van der Waals surface area contributed by atoms with Crippen molar-refractivity contribution >= 4 is 23.2 Å². The van der Waals surface area contributed by atoms with Gasteiger partial charge < -0.3 is 10.5 Å². The number of ether oxygens (including phenoxy) is 1. The van der Waals surface area contributed by atoms with E-state index < -0.39 is 0 Å². The molecule has 0 radical (unpaired) electrons. The highest BCUT2D eigenvalue weighted by molar-refractivity contribution is 6.30. The molecule has 0 amide bonds. The third-order valence-electron chi connectivity index (χ3n) is 2.99. The zero-order chi connectivity index (χ0) is 14.5. The lowest BCUT2D eigenvalue weighted by Crippen LogP contribution is -2.26. The predicted molar refractivity (Wildman–Crippen MR) is 84.1 cm³/mol. The van der Waals surface area contributed by atoms with Crippen LogP contribution in [0.2, 0.25) is 10.0 Å². The van der Waals surface area contributed by atoms with E-state index >= 15 is 0 Å².